The fraction of sp³-hybridized carbons (Fsp3) is 0.417. The van der Waals surface area contributed by atoms with Crippen molar-refractivity contribution in [2.75, 3.05) is 0 Å². The van der Waals surface area contributed by atoms with Crippen molar-refractivity contribution in [2.45, 2.75) is 64.7 Å². The van der Waals surface area contributed by atoms with Crippen molar-refractivity contribution >= 4 is 6.08 Å². The van der Waals surface area contributed by atoms with Crippen LogP contribution in [0.2, 0.25) is 0 Å². The summed E-state index contributed by atoms with van der Waals surface area (Å²) < 4.78 is 55.5. The molecular weight excluding hydrogens is 380 g/mol. The maximum Gasteiger partial charge on any atom is 0.573 e. The third-order valence-corrected chi connectivity index (χ3v) is 5.30. The van der Waals surface area contributed by atoms with Crippen molar-refractivity contribution in [3.8, 4) is 16.9 Å². The van der Waals surface area contributed by atoms with Gasteiger partial charge in [-0.15, -0.1) is 13.2 Å². The minimum atomic E-state index is -4.74. The summed E-state index contributed by atoms with van der Waals surface area (Å²) >= 11 is 0. The van der Waals surface area contributed by atoms with Gasteiger partial charge in [-0.3, -0.25) is 0 Å². The molecule has 0 bridgehead atoms. The Kier molecular flexibility index (Phi) is 6.99. The highest BCUT2D eigenvalue weighted by atomic mass is 19.4. The number of alkyl halides is 3. The molecule has 1 aliphatic rings. The van der Waals surface area contributed by atoms with E-state index in [0.29, 0.717) is 11.1 Å². The van der Waals surface area contributed by atoms with Crippen LogP contribution in [0.15, 0.2) is 42.0 Å². The van der Waals surface area contributed by atoms with Gasteiger partial charge in [-0.25, -0.2) is 4.39 Å². The van der Waals surface area contributed by atoms with Crippen LogP contribution in [-0.2, 0) is 6.42 Å². The van der Waals surface area contributed by atoms with E-state index in [-0.39, 0.29) is 11.6 Å². The Morgan fingerprint density at radius 1 is 0.931 bits per heavy atom. The van der Waals surface area contributed by atoms with Gasteiger partial charge < -0.3 is 4.74 Å². The highest BCUT2D eigenvalue weighted by molar-refractivity contribution is 5.70. The van der Waals surface area contributed by atoms with Crippen LogP contribution in [0.3, 0.4) is 0 Å². The fourth-order valence-corrected chi connectivity index (χ4v) is 3.78. The Balaban J connectivity index is 1.71. The largest absolute Gasteiger partial charge is 0.573 e. The van der Waals surface area contributed by atoms with Crippen molar-refractivity contribution < 1.29 is 22.3 Å². The Labute approximate surface area is 169 Å². The number of fused-ring (bicyclic) bond motifs is 1. The van der Waals surface area contributed by atoms with Crippen molar-refractivity contribution in [1.29, 1.82) is 0 Å². The second kappa shape index (κ2) is 9.47. The molecular formula is C24H26F4O. The summed E-state index contributed by atoms with van der Waals surface area (Å²) in [6.45, 7) is 2.20. The second-order valence-corrected chi connectivity index (χ2v) is 7.57. The van der Waals surface area contributed by atoms with Gasteiger partial charge in [0.05, 0.1) is 0 Å². The first-order chi connectivity index (χ1) is 13.9. The molecule has 0 amide bonds. The van der Waals surface area contributed by atoms with Crippen LogP contribution in [0.25, 0.3) is 17.2 Å². The lowest BCUT2D eigenvalue weighted by Crippen LogP contribution is -2.16. The molecule has 1 aliphatic carbocycles. The summed E-state index contributed by atoms with van der Waals surface area (Å²) in [5.74, 6) is -0.681. The molecule has 5 heteroatoms. The quantitative estimate of drug-likeness (QED) is 0.318. The van der Waals surface area contributed by atoms with Crippen molar-refractivity contribution in [1.82, 2.24) is 0 Å². The molecule has 2 aromatic rings. The molecule has 156 valence electrons. The molecule has 1 nitrogen and oxygen atoms in total. The molecule has 0 unspecified atom stereocenters. The third-order valence-electron chi connectivity index (χ3n) is 5.30. The van der Waals surface area contributed by atoms with Gasteiger partial charge in [0.2, 0.25) is 0 Å². The van der Waals surface area contributed by atoms with E-state index in [9.17, 15) is 17.6 Å². The summed E-state index contributed by atoms with van der Waals surface area (Å²) in [4.78, 5) is 0. The smallest absolute Gasteiger partial charge is 0.406 e. The first kappa shape index (κ1) is 21.4. The number of rotatable bonds is 8. The molecule has 0 atom stereocenters. The van der Waals surface area contributed by atoms with Crippen LogP contribution >= 0.6 is 0 Å². The van der Waals surface area contributed by atoms with Crippen LogP contribution in [0.1, 0.15) is 63.0 Å². The van der Waals surface area contributed by atoms with Crippen LogP contribution < -0.4 is 4.74 Å². The van der Waals surface area contributed by atoms with Gasteiger partial charge in [0.25, 0.3) is 0 Å². The first-order valence-electron chi connectivity index (χ1n) is 10.2. The summed E-state index contributed by atoms with van der Waals surface area (Å²) in [6, 6.07) is 8.68. The lowest BCUT2D eigenvalue weighted by Gasteiger charge is -2.18. The average Bonchev–Trinajstić information content (AvgIpc) is 2.67. The summed E-state index contributed by atoms with van der Waals surface area (Å²) in [5.41, 5.74) is 4.30. The minimum Gasteiger partial charge on any atom is -0.406 e. The lowest BCUT2D eigenvalue weighted by atomic mass is 9.87. The van der Waals surface area contributed by atoms with Crippen LogP contribution in [-0.4, -0.2) is 6.36 Å². The maximum absolute atomic E-state index is 14.7. The highest BCUT2D eigenvalue weighted by Gasteiger charge is 2.31. The number of halogens is 4. The zero-order valence-electron chi connectivity index (χ0n) is 16.6. The molecule has 0 spiro atoms. The van der Waals surface area contributed by atoms with Crippen molar-refractivity contribution in [2.24, 2.45) is 0 Å². The SMILES string of the molecule is CCCCCCCC1=Cc2cc(F)c(-c3ccc(OC(F)(F)F)cc3)cc2CC1. The minimum absolute atomic E-state index is 0.314. The summed E-state index contributed by atoms with van der Waals surface area (Å²) in [7, 11) is 0. The summed E-state index contributed by atoms with van der Waals surface area (Å²) in [5, 5.41) is 0. The number of ether oxygens (including phenoxy) is 1. The number of allylic oxidation sites excluding steroid dienone is 1. The first-order valence-corrected chi connectivity index (χ1v) is 10.2. The molecule has 0 radical (unpaired) electrons. The number of aryl methyl sites for hydroxylation is 1. The van der Waals surface area contributed by atoms with E-state index >= 15 is 0 Å². The van der Waals surface area contributed by atoms with Gasteiger partial charge in [-0.05, 0) is 66.6 Å². The van der Waals surface area contributed by atoms with Gasteiger partial charge in [-0.1, -0.05) is 56.4 Å². The molecule has 0 saturated carbocycles. The van der Waals surface area contributed by atoms with Crippen LogP contribution in [0.4, 0.5) is 17.6 Å². The van der Waals surface area contributed by atoms with E-state index in [0.717, 1.165) is 30.4 Å². The van der Waals surface area contributed by atoms with Crippen LogP contribution in [0.5, 0.6) is 5.75 Å². The molecule has 3 rings (SSSR count). The normalized spacial score (nSPS) is 13.8. The lowest BCUT2D eigenvalue weighted by molar-refractivity contribution is -0.274. The molecule has 2 aromatic carbocycles. The molecule has 0 aliphatic heterocycles. The third kappa shape index (κ3) is 6.09. The van der Waals surface area contributed by atoms with Gasteiger partial charge >= 0.3 is 6.36 Å². The zero-order valence-corrected chi connectivity index (χ0v) is 16.6. The van der Waals surface area contributed by atoms with E-state index in [4.69, 9.17) is 0 Å². The van der Waals surface area contributed by atoms with Crippen molar-refractivity contribution in [3.63, 3.8) is 0 Å². The molecule has 0 fully saturated rings. The topological polar surface area (TPSA) is 9.23 Å². The Hall–Kier alpha value is -2.30. The molecule has 0 aromatic heterocycles. The van der Waals surface area contributed by atoms with Gasteiger partial charge in [0, 0.05) is 5.56 Å². The average molecular weight is 406 g/mol. The second-order valence-electron chi connectivity index (χ2n) is 7.57. The van der Waals surface area contributed by atoms with Gasteiger partial charge in [0.15, 0.2) is 0 Å². The van der Waals surface area contributed by atoms with Crippen LogP contribution in [0, 0.1) is 5.82 Å². The van der Waals surface area contributed by atoms with E-state index in [1.165, 1.54) is 61.9 Å². The van der Waals surface area contributed by atoms with E-state index in [1.807, 2.05) is 6.07 Å². The number of hydrogen-bond donors (Lipinski definition) is 0. The number of benzene rings is 2. The van der Waals surface area contributed by atoms with E-state index in [2.05, 4.69) is 17.7 Å². The zero-order chi connectivity index (χ0) is 20.9. The predicted octanol–water partition coefficient (Wildman–Crippen LogP) is 8.08. The molecule has 29 heavy (non-hydrogen) atoms. The van der Waals surface area contributed by atoms with Gasteiger partial charge in [-0.2, -0.15) is 0 Å². The molecule has 0 N–H and O–H groups in total. The maximum atomic E-state index is 14.7. The highest BCUT2D eigenvalue weighted by Crippen LogP contribution is 2.34. The van der Waals surface area contributed by atoms with Gasteiger partial charge in [0.1, 0.15) is 11.6 Å². The number of hydrogen-bond acceptors (Lipinski definition) is 1. The molecule has 0 heterocycles. The predicted molar refractivity (Wildman–Crippen MR) is 108 cm³/mol. The van der Waals surface area contributed by atoms with E-state index in [1.54, 1.807) is 6.07 Å². The molecule has 0 saturated heterocycles. The van der Waals surface area contributed by atoms with Crippen molar-refractivity contribution in [3.05, 3.63) is 58.9 Å². The standard InChI is InChI=1S/C24H26F4O/c1-2-3-4-5-6-7-17-8-9-19-15-22(23(25)16-20(19)14-17)18-10-12-21(13-11-18)29-24(26,27)28/h10-16H,2-9H2,1H3. The Morgan fingerprint density at radius 3 is 2.34 bits per heavy atom. The Morgan fingerprint density at radius 2 is 1.66 bits per heavy atom. The Bertz CT molecular complexity index is 850. The fourth-order valence-electron chi connectivity index (χ4n) is 3.78. The number of unbranched alkanes of at least 4 members (excludes halogenated alkanes) is 4. The summed E-state index contributed by atoms with van der Waals surface area (Å²) in [6.07, 6.45) is 6.45. The van der Waals surface area contributed by atoms with E-state index < -0.39 is 6.36 Å². The monoisotopic (exact) mass is 406 g/mol.